The van der Waals surface area contributed by atoms with Crippen LogP contribution in [-0.4, -0.2) is 18.8 Å². The molecule has 1 heterocycles. The Morgan fingerprint density at radius 3 is 2.94 bits per heavy atom. The predicted molar refractivity (Wildman–Crippen MR) is 61.0 cm³/mol. The zero-order valence-corrected chi connectivity index (χ0v) is 9.61. The molecule has 0 amide bonds. The van der Waals surface area contributed by atoms with Crippen LogP contribution in [0.2, 0.25) is 5.02 Å². The fourth-order valence-electron chi connectivity index (χ4n) is 2.06. The lowest BCUT2D eigenvalue weighted by molar-refractivity contribution is 0.263. The van der Waals surface area contributed by atoms with Gasteiger partial charge in [-0.2, -0.15) is 0 Å². The lowest BCUT2D eigenvalue weighted by Gasteiger charge is -2.16. The molecule has 1 N–H and O–H groups in total. The molecule has 16 heavy (non-hydrogen) atoms. The first kappa shape index (κ1) is 11.8. The van der Waals surface area contributed by atoms with E-state index in [1.54, 1.807) is 6.07 Å². The van der Waals surface area contributed by atoms with E-state index in [2.05, 4.69) is 5.32 Å². The van der Waals surface area contributed by atoms with E-state index in [9.17, 15) is 8.78 Å². The van der Waals surface area contributed by atoms with Crippen LogP contribution in [0.5, 0.6) is 0 Å². The van der Waals surface area contributed by atoms with Gasteiger partial charge in [-0.1, -0.05) is 17.7 Å². The first-order valence-corrected chi connectivity index (χ1v) is 5.86. The van der Waals surface area contributed by atoms with Crippen LogP contribution in [0, 0.1) is 5.82 Å². The fraction of sp³-hybridized carbons (Fsp3) is 0.500. The van der Waals surface area contributed by atoms with Crippen LogP contribution in [0.1, 0.15) is 18.4 Å². The Hall–Kier alpha value is -0.670. The highest BCUT2D eigenvalue weighted by Crippen LogP contribution is 2.22. The minimum Gasteiger partial charge on any atom is -0.311 e. The van der Waals surface area contributed by atoms with Crippen LogP contribution >= 0.6 is 11.6 Å². The second-order valence-corrected chi connectivity index (χ2v) is 4.57. The molecule has 2 unspecified atom stereocenters. The molecule has 1 nitrogen and oxygen atoms in total. The monoisotopic (exact) mass is 245 g/mol. The average Bonchev–Trinajstić information content (AvgIpc) is 2.75. The quantitative estimate of drug-likeness (QED) is 0.863. The van der Waals surface area contributed by atoms with Gasteiger partial charge in [0.15, 0.2) is 0 Å². The lowest BCUT2D eigenvalue weighted by Crippen LogP contribution is -2.33. The van der Waals surface area contributed by atoms with Gasteiger partial charge in [-0.05, 0) is 37.1 Å². The van der Waals surface area contributed by atoms with E-state index in [0.29, 0.717) is 10.6 Å². The molecule has 2 rings (SSSR count). The van der Waals surface area contributed by atoms with Gasteiger partial charge in [0, 0.05) is 17.5 Å². The Morgan fingerprint density at radius 2 is 2.31 bits per heavy atom. The average molecular weight is 246 g/mol. The third-order valence-electron chi connectivity index (χ3n) is 2.97. The highest BCUT2D eigenvalue weighted by molar-refractivity contribution is 6.31. The molecule has 0 bridgehead atoms. The molecule has 1 aliphatic heterocycles. The van der Waals surface area contributed by atoms with Gasteiger partial charge in [0.2, 0.25) is 0 Å². The van der Waals surface area contributed by atoms with Gasteiger partial charge in [-0.15, -0.1) is 0 Å². The summed E-state index contributed by atoms with van der Waals surface area (Å²) in [4.78, 5) is 0. The maximum atomic E-state index is 13.9. The smallest absolute Gasteiger partial charge is 0.124 e. The number of rotatable bonds is 3. The molecule has 1 fully saturated rings. The van der Waals surface area contributed by atoms with Gasteiger partial charge >= 0.3 is 0 Å². The van der Waals surface area contributed by atoms with Crippen molar-refractivity contribution in [3.05, 3.63) is 34.6 Å². The zero-order valence-electron chi connectivity index (χ0n) is 8.85. The summed E-state index contributed by atoms with van der Waals surface area (Å²) in [6.07, 6.45) is 1.17. The summed E-state index contributed by atoms with van der Waals surface area (Å²) in [6, 6.07) is 4.02. The van der Waals surface area contributed by atoms with E-state index in [1.165, 1.54) is 12.1 Å². The van der Waals surface area contributed by atoms with Crippen LogP contribution in [-0.2, 0) is 6.42 Å². The second-order valence-electron chi connectivity index (χ2n) is 4.16. The van der Waals surface area contributed by atoms with E-state index in [0.717, 1.165) is 19.4 Å². The van der Waals surface area contributed by atoms with Crippen LogP contribution in [0.25, 0.3) is 0 Å². The molecular weight excluding hydrogens is 232 g/mol. The van der Waals surface area contributed by atoms with Gasteiger partial charge in [-0.25, -0.2) is 8.78 Å². The Labute approximate surface area is 98.8 Å². The molecule has 1 aromatic rings. The van der Waals surface area contributed by atoms with Crippen molar-refractivity contribution < 1.29 is 8.78 Å². The molecule has 2 atom stereocenters. The normalized spacial score (nSPS) is 22.3. The Morgan fingerprint density at radius 1 is 1.50 bits per heavy atom. The molecule has 0 aliphatic carbocycles. The molecule has 88 valence electrons. The topological polar surface area (TPSA) is 12.0 Å². The van der Waals surface area contributed by atoms with Gasteiger partial charge in [-0.3, -0.25) is 0 Å². The number of alkyl halides is 1. The molecule has 1 aliphatic rings. The Balaban J connectivity index is 2.02. The predicted octanol–water partition coefficient (Wildman–Crippen LogP) is 3.11. The van der Waals surface area contributed by atoms with Crippen LogP contribution in [0.15, 0.2) is 18.2 Å². The first-order chi connectivity index (χ1) is 7.66. The maximum Gasteiger partial charge on any atom is 0.124 e. The van der Waals surface area contributed by atoms with Crippen molar-refractivity contribution in [2.24, 2.45) is 0 Å². The van der Waals surface area contributed by atoms with E-state index >= 15 is 0 Å². The summed E-state index contributed by atoms with van der Waals surface area (Å²) in [5.74, 6) is -0.386. The maximum absolute atomic E-state index is 13.9. The Bertz CT molecular complexity index is 364. The highest BCUT2D eigenvalue weighted by atomic mass is 35.5. The number of benzene rings is 1. The van der Waals surface area contributed by atoms with Crippen molar-refractivity contribution in [2.45, 2.75) is 31.5 Å². The van der Waals surface area contributed by atoms with Crippen molar-refractivity contribution in [1.29, 1.82) is 0 Å². The molecule has 0 radical (unpaired) electrons. The molecule has 1 saturated heterocycles. The van der Waals surface area contributed by atoms with Crippen LogP contribution in [0.4, 0.5) is 8.78 Å². The zero-order chi connectivity index (χ0) is 11.5. The lowest BCUT2D eigenvalue weighted by atomic mass is 10.0. The van der Waals surface area contributed by atoms with Gasteiger partial charge in [0.1, 0.15) is 12.0 Å². The summed E-state index contributed by atoms with van der Waals surface area (Å²) < 4.78 is 26.7. The molecular formula is C12H14ClF2N. The number of hydrogen-bond donors (Lipinski definition) is 1. The minimum atomic E-state index is -0.953. The molecule has 0 spiro atoms. The molecule has 0 aromatic heterocycles. The first-order valence-electron chi connectivity index (χ1n) is 5.48. The molecule has 4 heteroatoms. The van der Waals surface area contributed by atoms with Gasteiger partial charge < -0.3 is 5.32 Å². The van der Waals surface area contributed by atoms with Crippen molar-refractivity contribution in [3.8, 4) is 0 Å². The minimum absolute atomic E-state index is 0.0823. The number of halogens is 3. The van der Waals surface area contributed by atoms with Crippen molar-refractivity contribution >= 4 is 11.6 Å². The highest BCUT2D eigenvalue weighted by Gasteiger charge is 2.24. The summed E-state index contributed by atoms with van der Waals surface area (Å²) in [5.41, 5.74) is 0.671. The molecule has 1 aromatic carbocycles. The number of nitrogens with one attached hydrogen (secondary N) is 1. The number of hydrogen-bond acceptors (Lipinski definition) is 1. The third-order valence-corrected chi connectivity index (χ3v) is 3.32. The summed E-state index contributed by atoms with van der Waals surface area (Å²) >= 11 is 5.85. The van der Waals surface area contributed by atoms with Gasteiger partial charge in [0.25, 0.3) is 0 Å². The van der Waals surface area contributed by atoms with Crippen molar-refractivity contribution in [2.75, 3.05) is 6.54 Å². The van der Waals surface area contributed by atoms with Crippen molar-refractivity contribution in [1.82, 2.24) is 5.32 Å². The Kier molecular flexibility index (Phi) is 3.77. The van der Waals surface area contributed by atoms with E-state index in [-0.39, 0.29) is 18.3 Å². The fourth-order valence-corrected chi connectivity index (χ4v) is 2.30. The standard InChI is InChI=1S/C12H14ClF2N/c13-10-7-9(14)4-3-8(10)6-11(15)12-2-1-5-16-12/h3-4,7,11-12,16H,1-2,5-6H2. The van der Waals surface area contributed by atoms with Crippen molar-refractivity contribution in [3.63, 3.8) is 0 Å². The molecule has 0 saturated carbocycles. The van der Waals surface area contributed by atoms with E-state index in [4.69, 9.17) is 11.6 Å². The van der Waals surface area contributed by atoms with Crippen LogP contribution in [0.3, 0.4) is 0 Å². The largest absolute Gasteiger partial charge is 0.311 e. The van der Waals surface area contributed by atoms with Crippen LogP contribution < -0.4 is 5.32 Å². The SMILES string of the molecule is Fc1ccc(CC(F)C2CCCN2)c(Cl)c1. The van der Waals surface area contributed by atoms with E-state index < -0.39 is 6.17 Å². The van der Waals surface area contributed by atoms with E-state index in [1.807, 2.05) is 0 Å². The second kappa shape index (κ2) is 5.11. The summed E-state index contributed by atoms with van der Waals surface area (Å²) in [6.45, 7) is 0.877. The third kappa shape index (κ3) is 2.71. The summed E-state index contributed by atoms with van der Waals surface area (Å²) in [5, 5.41) is 3.42. The van der Waals surface area contributed by atoms with Gasteiger partial charge in [0.05, 0.1) is 0 Å². The summed E-state index contributed by atoms with van der Waals surface area (Å²) in [7, 11) is 0.